The first-order valence-corrected chi connectivity index (χ1v) is 9.51. The van der Waals surface area contributed by atoms with E-state index in [0.29, 0.717) is 38.9 Å². The number of benzene rings is 2. The van der Waals surface area contributed by atoms with Crippen molar-refractivity contribution in [2.45, 2.75) is 11.7 Å². The number of aromatic nitrogens is 2. The lowest BCUT2D eigenvalue weighted by Crippen LogP contribution is -2.24. The normalized spacial score (nSPS) is 10.7. The fourth-order valence-electron chi connectivity index (χ4n) is 2.63. The van der Waals surface area contributed by atoms with Crippen LogP contribution in [0.3, 0.4) is 0 Å². The summed E-state index contributed by atoms with van der Waals surface area (Å²) in [5, 5.41) is 1.55. The SMILES string of the molecule is C=CCSc1nc2cc(C(=O)OC)ccc2c(=O)n1Cc1ccccc1Cl. The number of hydrogen-bond donors (Lipinski definition) is 0. The molecule has 0 bridgehead atoms. The van der Waals surface area contributed by atoms with Gasteiger partial charge in [0.25, 0.3) is 5.56 Å². The zero-order chi connectivity index (χ0) is 19.4. The van der Waals surface area contributed by atoms with E-state index in [9.17, 15) is 9.59 Å². The number of rotatable bonds is 6. The van der Waals surface area contributed by atoms with Gasteiger partial charge in [-0.15, -0.1) is 6.58 Å². The van der Waals surface area contributed by atoms with Crippen molar-refractivity contribution in [1.29, 1.82) is 0 Å². The summed E-state index contributed by atoms with van der Waals surface area (Å²) >= 11 is 7.66. The van der Waals surface area contributed by atoms with Crippen molar-refractivity contribution < 1.29 is 9.53 Å². The number of carbonyl (C=O) groups is 1. The quantitative estimate of drug-likeness (QED) is 0.269. The Morgan fingerprint density at radius 1 is 1.33 bits per heavy atom. The fraction of sp³-hybridized carbons (Fsp3) is 0.150. The summed E-state index contributed by atoms with van der Waals surface area (Å²) in [6, 6.07) is 12.1. The van der Waals surface area contributed by atoms with E-state index in [1.54, 1.807) is 34.9 Å². The lowest BCUT2D eigenvalue weighted by Gasteiger charge is -2.14. The van der Waals surface area contributed by atoms with Gasteiger partial charge in [0.1, 0.15) is 0 Å². The van der Waals surface area contributed by atoms with Gasteiger partial charge >= 0.3 is 5.97 Å². The standard InChI is InChI=1S/C20H17ClN2O3S/c1-3-10-27-20-22-17-11-13(19(25)26-2)8-9-15(17)18(24)23(20)12-14-6-4-5-7-16(14)21/h3-9,11H,1,10,12H2,2H3. The molecule has 0 atom stereocenters. The van der Waals surface area contributed by atoms with Crippen LogP contribution in [0.1, 0.15) is 15.9 Å². The molecule has 0 N–H and O–H groups in total. The molecule has 138 valence electrons. The van der Waals surface area contributed by atoms with E-state index in [4.69, 9.17) is 16.3 Å². The van der Waals surface area contributed by atoms with E-state index in [2.05, 4.69) is 11.6 Å². The third kappa shape index (κ3) is 4.07. The van der Waals surface area contributed by atoms with E-state index < -0.39 is 5.97 Å². The number of esters is 1. The molecule has 0 aliphatic carbocycles. The van der Waals surface area contributed by atoms with Crippen LogP contribution in [-0.2, 0) is 11.3 Å². The lowest BCUT2D eigenvalue weighted by atomic mass is 10.1. The number of halogens is 1. The van der Waals surface area contributed by atoms with Crippen molar-refractivity contribution in [3.8, 4) is 0 Å². The highest BCUT2D eigenvalue weighted by atomic mass is 35.5. The topological polar surface area (TPSA) is 61.2 Å². The molecule has 1 aromatic heterocycles. The number of carbonyl (C=O) groups excluding carboxylic acids is 1. The molecule has 3 aromatic rings. The lowest BCUT2D eigenvalue weighted by molar-refractivity contribution is 0.0601. The largest absolute Gasteiger partial charge is 0.465 e. The van der Waals surface area contributed by atoms with Gasteiger partial charge in [0.2, 0.25) is 0 Å². The molecule has 0 saturated heterocycles. The molecule has 0 saturated carbocycles. The predicted molar refractivity (Wildman–Crippen MR) is 109 cm³/mol. The van der Waals surface area contributed by atoms with Crippen LogP contribution in [0.2, 0.25) is 5.02 Å². The van der Waals surface area contributed by atoms with E-state index in [1.165, 1.54) is 18.9 Å². The molecule has 1 heterocycles. The maximum atomic E-state index is 13.1. The van der Waals surface area contributed by atoms with Crippen molar-refractivity contribution in [3.05, 3.63) is 81.6 Å². The van der Waals surface area contributed by atoms with Crippen LogP contribution in [0.5, 0.6) is 0 Å². The van der Waals surface area contributed by atoms with Crippen LogP contribution >= 0.6 is 23.4 Å². The first kappa shape index (κ1) is 19.2. The molecule has 5 nitrogen and oxygen atoms in total. The van der Waals surface area contributed by atoms with Gasteiger partial charge in [0, 0.05) is 10.8 Å². The highest BCUT2D eigenvalue weighted by Crippen LogP contribution is 2.22. The molecule has 0 aliphatic rings. The number of ether oxygens (including phenoxy) is 1. The van der Waals surface area contributed by atoms with E-state index in [1.807, 2.05) is 18.2 Å². The molecule has 3 rings (SSSR count). The average Bonchev–Trinajstić information content (AvgIpc) is 2.69. The van der Waals surface area contributed by atoms with Gasteiger partial charge in [-0.3, -0.25) is 9.36 Å². The second-order valence-electron chi connectivity index (χ2n) is 5.70. The predicted octanol–water partition coefficient (Wildman–Crippen LogP) is 4.16. The Kier molecular flexibility index (Phi) is 5.98. The van der Waals surface area contributed by atoms with Gasteiger partial charge in [0.15, 0.2) is 5.16 Å². The van der Waals surface area contributed by atoms with Crippen LogP contribution in [0, 0.1) is 0 Å². The van der Waals surface area contributed by atoms with Gasteiger partial charge < -0.3 is 4.74 Å². The third-order valence-corrected chi connectivity index (χ3v) is 5.30. The summed E-state index contributed by atoms with van der Waals surface area (Å²) in [4.78, 5) is 29.5. The highest BCUT2D eigenvalue weighted by Gasteiger charge is 2.15. The Balaban J connectivity index is 2.17. The average molecular weight is 401 g/mol. The minimum atomic E-state index is -0.473. The summed E-state index contributed by atoms with van der Waals surface area (Å²) in [6.07, 6.45) is 1.74. The Hall–Kier alpha value is -2.57. The van der Waals surface area contributed by atoms with Gasteiger partial charge in [-0.2, -0.15) is 0 Å². The van der Waals surface area contributed by atoms with Crippen LogP contribution in [0.4, 0.5) is 0 Å². The molecule has 0 spiro atoms. The van der Waals surface area contributed by atoms with Crippen LogP contribution in [0.25, 0.3) is 10.9 Å². The number of fused-ring (bicyclic) bond motifs is 1. The number of thioether (sulfide) groups is 1. The van der Waals surface area contributed by atoms with E-state index in [-0.39, 0.29) is 5.56 Å². The summed E-state index contributed by atoms with van der Waals surface area (Å²) < 4.78 is 6.34. The molecule has 0 unspecified atom stereocenters. The van der Waals surface area contributed by atoms with Crippen molar-refractivity contribution in [3.63, 3.8) is 0 Å². The Morgan fingerprint density at radius 2 is 2.11 bits per heavy atom. The van der Waals surface area contributed by atoms with Gasteiger partial charge in [0.05, 0.1) is 30.1 Å². The molecule has 0 aliphatic heterocycles. The maximum Gasteiger partial charge on any atom is 0.337 e. The fourth-order valence-corrected chi connectivity index (χ4v) is 3.55. The second-order valence-corrected chi connectivity index (χ2v) is 7.09. The second kappa shape index (κ2) is 8.41. The molecular weight excluding hydrogens is 384 g/mol. The van der Waals surface area contributed by atoms with Crippen molar-refractivity contribution in [1.82, 2.24) is 9.55 Å². The van der Waals surface area contributed by atoms with Crippen LogP contribution in [-0.4, -0.2) is 28.4 Å². The molecule has 0 amide bonds. The smallest absolute Gasteiger partial charge is 0.337 e. The Labute approximate surface area is 165 Å². The zero-order valence-corrected chi connectivity index (χ0v) is 16.2. The van der Waals surface area contributed by atoms with E-state index >= 15 is 0 Å². The van der Waals surface area contributed by atoms with Crippen molar-refractivity contribution in [2.24, 2.45) is 0 Å². The van der Waals surface area contributed by atoms with Gasteiger partial charge in [-0.05, 0) is 29.8 Å². The van der Waals surface area contributed by atoms with Gasteiger partial charge in [-0.1, -0.05) is 47.6 Å². The Bertz CT molecular complexity index is 1080. The van der Waals surface area contributed by atoms with Crippen LogP contribution in [0.15, 0.2) is 65.1 Å². The maximum absolute atomic E-state index is 13.1. The third-order valence-electron chi connectivity index (χ3n) is 3.96. The van der Waals surface area contributed by atoms with E-state index in [0.717, 1.165) is 5.56 Å². The van der Waals surface area contributed by atoms with Crippen LogP contribution < -0.4 is 5.56 Å². The zero-order valence-electron chi connectivity index (χ0n) is 14.6. The Morgan fingerprint density at radius 3 is 2.81 bits per heavy atom. The molecular formula is C20H17ClN2O3S. The summed E-state index contributed by atoms with van der Waals surface area (Å²) in [7, 11) is 1.31. The monoisotopic (exact) mass is 400 g/mol. The number of hydrogen-bond acceptors (Lipinski definition) is 5. The number of methoxy groups -OCH3 is 1. The van der Waals surface area contributed by atoms with Crippen molar-refractivity contribution in [2.75, 3.05) is 12.9 Å². The minimum Gasteiger partial charge on any atom is -0.465 e. The minimum absolute atomic E-state index is 0.192. The summed E-state index contributed by atoms with van der Waals surface area (Å²) in [6.45, 7) is 4.02. The summed E-state index contributed by atoms with van der Waals surface area (Å²) in [5.74, 6) is 0.121. The first-order chi connectivity index (χ1) is 13.0. The number of nitrogens with zero attached hydrogens (tertiary/aromatic N) is 2. The van der Waals surface area contributed by atoms with Crippen molar-refractivity contribution >= 4 is 40.2 Å². The molecule has 0 fully saturated rings. The summed E-state index contributed by atoms with van der Waals surface area (Å²) in [5.41, 5.74) is 1.43. The highest BCUT2D eigenvalue weighted by molar-refractivity contribution is 7.99. The molecule has 7 heteroatoms. The molecule has 27 heavy (non-hydrogen) atoms. The van der Waals surface area contributed by atoms with Gasteiger partial charge in [-0.25, -0.2) is 9.78 Å². The molecule has 2 aromatic carbocycles. The molecule has 0 radical (unpaired) electrons. The first-order valence-electron chi connectivity index (χ1n) is 8.15.